The molecule has 190 valence electrons. The fourth-order valence-corrected chi connectivity index (χ4v) is 3.47. The number of nitrogens with one attached hydrogen (secondary N) is 4. The molecule has 0 heterocycles. The largest absolute Gasteiger partial charge is 0.373 e. The van der Waals surface area contributed by atoms with Gasteiger partial charge < -0.3 is 21.3 Å². The fourth-order valence-electron chi connectivity index (χ4n) is 3.47. The first-order valence-corrected chi connectivity index (χ1v) is 10.7. The Kier molecular flexibility index (Phi) is 12.1. The van der Waals surface area contributed by atoms with Crippen LogP contribution in [0.1, 0.15) is 31.8 Å². The zero-order valence-corrected chi connectivity index (χ0v) is 22.1. The normalized spacial score (nSPS) is 10.9. The number of halogens is 2. The van der Waals surface area contributed by atoms with Crippen molar-refractivity contribution in [3.63, 3.8) is 0 Å². The summed E-state index contributed by atoms with van der Waals surface area (Å²) in [5.41, 5.74) is 3.72. The zero-order valence-electron chi connectivity index (χ0n) is 20.5. The number of carbonyl (C=O) groups is 2. The standard InChI is InChI=1S/C26H28N6O2.2ClH/c1-27-23(28-2)17-8-6-12-21(15-17)31-25(33)19-10-5-11-20(14-19)26(34)32-22-13-7-9-18(16-22)24(29-3)30-4;;/h5-16H,1-4H3,(H,27,28)(H,29,30)(H,31,33)(H,32,34);2*1H. The van der Waals surface area contributed by atoms with Gasteiger partial charge >= 0.3 is 0 Å². The predicted molar refractivity (Wildman–Crippen MR) is 153 cm³/mol. The Morgan fingerprint density at radius 1 is 0.583 bits per heavy atom. The predicted octanol–water partition coefficient (Wildman–Crippen LogP) is 4.23. The van der Waals surface area contributed by atoms with Crippen LogP contribution in [0.15, 0.2) is 82.8 Å². The average molecular weight is 529 g/mol. The van der Waals surface area contributed by atoms with E-state index >= 15 is 0 Å². The van der Waals surface area contributed by atoms with Gasteiger partial charge in [0.2, 0.25) is 0 Å². The molecule has 36 heavy (non-hydrogen) atoms. The highest BCUT2D eigenvalue weighted by Gasteiger charge is 2.12. The van der Waals surface area contributed by atoms with Crippen molar-refractivity contribution in [2.24, 2.45) is 9.98 Å². The van der Waals surface area contributed by atoms with E-state index in [1.54, 1.807) is 64.6 Å². The van der Waals surface area contributed by atoms with Gasteiger partial charge in [0.1, 0.15) is 11.7 Å². The van der Waals surface area contributed by atoms with Crippen molar-refractivity contribution in [2.45, 2.75) is 0 Å². The third-order valence-electron chi connectivity index (χ3n) is 5.10. The highest BCUT2D eigenvalue weighted by Crippen LogP contribution is 2.16. The lowest BCUT2D eigenvalue weighted by Gasteiger charge is -2.11. The second-order valence-electron chi connectivity index (χ2n) is 7.30. The Labute approximate surface area is 223 Å². The second kappa shape index (κ2) is 14.5. The van der Waals surface area contributed by atoms with E-state index in [1.165, 1.54) is 0 Å². The molecule has 10 heteroatoms. The number of hydrogen-bond donors (Lipinski definition) is 4. The van der Waals surface area contributed by atoms with Gasteiger partial charge in [-0.25, -0.2) is 0 Å². The summed E-state index contributed by atoms with van der Waals surface area (Å²) >= 11 is 0. The van der Waals surface area contributed by atoms with Crippen molar-refractivity contribution in [3.05, 3.63) is 95.1 Å². The van der Waals surface area contributed by atoms with Crippen molar-refractivity contribution in [3.8, 4) is 0 Å². The van der Waals surface area contributed by atoms with Gasteiger partial charge in [-0.3, -0.25) is 19.6 Å². The maximum atomic E-state index is 12.8. The molecule has 3 aromatic rings. The van der Waals surface area contributed by atoms with E-state index in [4.69, 9.17) is 0 Å². The van der Waals surface area contributed by atoms with Crippen LogP contribution in [0.25, 0.3) is 0 Å². The number of hydrogen-bond acceptors (Lipinski definition) is 4. The molecular weight excluding hydrogens is 499 g/mol. The minimum absolute atomic E-state index is 0. The lowest BCUT2D eigenvalue weighted by molar-refractivity contribution is 0.102. The number of nitrogens with zero attached hydrogens (tertiary/aromatic N) is 2. The molecular formula is C26H30Cl2N6O2. The molecule has 0 atom stereocenters. The summed E-state index contributed by atoms with van der Waals surface area (Å²) in [4.78, 5) is 34.1. The molecule has 2 amide bonds. The van der Waals surface area contributed by atoms with Gasteiger partial charge in [0.15, 0.2) is 0 Å². The molecule has 3 rings (SSSR count). The fraction of sp³-hybridized carbons (Fsp3) is 0.154. The van der Waals surface area contributed by atoms with E-state index in [-0.39, 0.29) is 36.6 Å². The summed E-state index contributed by atoms with van der Waals surface area (Å²) in [6.07, 6.45) is 0. The minimum Gasteiger partial charge on any atom is -0.373 e. The van der Waals surface area contributed by atoms with Gasteiger partial charge in [-0.2, -0.15) is 0 Å². The molecule has 8 nitrogen and oxygen atoms in total. The SMILES string of the molecule is CN=C(NC)c1cccc(NC(=O)c2cccc(C(=O)Nc3cccc(C(=NC)NC)c3)c2)c1.Cl.Cl. The Balaban J connectivity index is 0.00000324. The molecule has 0 saturated heterocycles. The molecule has 0 aliphatic rings. The molecule has 0 radical (unpaired) electrons. The quantitative estimate of drug-likeness (QED) is 0.283. The third kappa shape index (κ3) is 7.56. The van der Waals surface area contributed by atoms with Crippen LogP contribution in [-0.2, 0) is 0 Å². The molecule has 4 N–H and O–H groups in total. The highest BCUT2D eigenvalue weighted by atomic mass is 35.5. The molecule has 0 aliphatic heterocycles. The van der Waals surface area contributed by atoms with Gasteiger partial charge in [-0.05, 0) is 42.5 Å². The van der Waals surface area contributed by atoms with Crippen molar-refractivity contribution >= 4 is 59.7 Å². The van der Waals surface area contributed by atoms with Gasteiger partial charge in [-0.15, -0.1) is 24.8 Å². The lowest BCUT2D eigenvalue weighted by Crippen LogP contribution is -2.20. The van der Waals surface area contributed by atoms with Crippen molar-refractivity contribution < 1.29 is 9.59 Å². The van der Waals surface area contributed by atoms with Gasteiger partial charge in [0.05, 0.1) is 0 Å². The Hall–Kier alpha value is -3.88. The van der Waals surface area contributed by atoms with Crippen LogP contribution >= 0.6 is 24.8 Å². The Morgan fingerprint density at radius 2 is 0.944 bits per heavy atom. The first-order chi connectivity index (χ1) is 16.5. The first-order valence-electron chi connectivity index (χ1n) is 10.7. The maximum absolute atomic E-state index is 12.8. The van der Waals surface area contributed by atoms with Crippen molar-refractivity contribution in [2.75, 3.05) is 38.8 Å². The Morgan fingerprint density at radius 3 is 1.31 bits per heavy atom. The zero-order chi connectivity index (χ0) is 24.5. The summed E-state index contributed by atoms with van der Waals surface area (Å²) < 4.78 is 0. The molecule has 3 aromatic carbocycles. The number of rotatable bonds is 6. The molecule has 0 aliphatic carbocycles. The van der Waals surface area contributed by atoms with Crippen LogP contribution in [0.3, 0.4) is 0 Å². The van der Waals surface area contributed by atoms with Gasteiger partial charge in [0.25, 0.3) is 11.8 Å². The number of aliphatic imine (C=N–C) groups is 2. The number of amidine groups is 2. The van der Waals surface area contributed by atoms with E-state index in [1.807, 2.05) is 36.4 Å². The summed E-state index contributed by atoms with van der Waals surface area (Å²) in [5.74, 6) is 0.800. The van der Waals surface area contributed by atoms with E-state index in [0.717, 1.165) is 11.1 Å². The van der Waals surface area contributed by atoms with Crippen LogP contribution in [0.5, 0.6) is 0 Å². The van der Waals surface area contributed by atoms with E-state index in [0.29, 0.717) is 34.2 Å². The van der Waals surface area contributed by atoms with Crippen LogP contribution in [0.2, 0.25) is 0 Å². The van der Waals surface area contributed by atoms with Crippen LogP contribution in [0, 0.1) is 0 Å². The number of carbonyl (C=O) groups excluding carboxylic acids is 2. The van der Waals surface area contributed by atoms with E-state index in [2.05, 4.69) is 31.3 Å². The minimum atomic E-state index is -0.314. The monoisotopic (exact) mass is 528 g/mol. The molecule has 0 aromatic heterocycles. The van der Waals surface area contributed by atoms with E-state index in [9.17, 15) is 9.59 Å². The summed E-state index contributed by atoms with van der Waals surface area (Å²) in [6.45, 7) is 0. The topological polar surface area (TPSA) is 107 Å². The van der Waals surface area contributed by atoms with Crippen molar-refractivity contribution in [1.82, 2.24) is 10.6 Å². The lowest BCUT2D eigenvalue weighted by atomic mass is 10.1. The summed E-state index contributed by atoms with van der Waals surface area (Å²) in [7, 11) is 6.97. The molecule has 0 fully saturated rings. The third-order valence-corrected chi connectivity index (χ3v) is 5.10. The van der Waals surface area contributed by atoms with Crippen LogP contribution < -0.4 is 21.3 Å². The summed E-state index contributed by atoms with van der Waals surface area (Å²) in [5, 5.41) is 11.8. The van der Waals surface area contributed by atoms with Crippen LogP contribution in [0.4, 0.5) is 11.4 Å². The molecule has 0 saturated carbocycles. The number of benzene rings is 3. The molecule has 0 bridgehead atoms. The summed E-state index contributed by atoms with van der Waals surface area (Å²) in [6, 6.07) is 21.3. The highest BCUT2D eigenvalue weighted by molar-refractivity contribution is 6.09. The first kappa shape index (κ1) is 30.2. The van der Waals surface area contributed by atoms with Crippen molar-refractivity contribution in [1.29, 1.82) is 0 Å². The average Bonchev–Trinajstić information content (AvgIpc) is 2.86. The molecule has 0 spiro atoms. The van der Waals surface area contributed by atoms with Gasteiger partial charge in [-0.1, -0.05) is 30.3 Å². The smallest absolute Gasteiger partial charge is 0.255 e. The number of anilines is 2. The second-order valence-corrected chi connectivity index (χ2v) is 7.30. The van der Waals surface area contributed by atoms with Crippen LogP contribution in [-0.4, -0.2) is 51.7 Å². The van der Waals surface area contributed by atoms with Gasteiger partial charge in [0, 0.05) is 61.8 Å². The number of amides is 2. The van der Waals surface area contributed by atoms with E-state index < -0.39 is 0 Å². The Bertz CT molecular complexity index is 1170. The molecule has 0 unspecified atom stereocenters. The maximum Gasteiger partial charge on any atom is 0.255 e.